The summed E-state index contributed by atoms with van der Waals surface area (Å²) in [5.41, 5.74) is 12.1. The van der Waals surface area contributed by atoms with E-state index in [9.17, 15) is 13.6 Å². The summed E-state index contributed by atoms with van der Waals surface area (Å²) < 4.78 is 27.4. The van der Waals surface area contributed by atoms with Crippen LogP contribution in [0.1, 0.15) is 54.2 Å². The SMILES string of the molecule is C=C(C1CCC(CNC(=O)c2cccc(C(F)(F)I)c2)CC1)N1C=CI=C(N)C1=C(C)c1cc2ccccc2[nH]1. The molecule has 1 fully saturated rings. The van der Waals surface area contributed by atoms with Gasteiger partial charge in [0.15, 0.2) is 0 Å². The van der Waals surface area contributed by atoms with Gasteiger partial charge in [-0.15, -0.1) is 0 Å². The van der Waals surface area contributed by atoms with Crippen molar-refractivity contribution >= 4 is 69.3 Å². The molecule has 0 atom stereocenters. The van der Waals surface area contributed by atoms with E-state index in [0.717, 1.165) is 80.1 Å². The summed E-state index contributed by atoms with van der Waals surface area (Å²) >= 11 is 0.703. The van der Waals surface area contributed by atoms with Crippen LogP contribution >= 0.6 is 43.3 Å². The molecule has 1 aliphatic carbocycles. The number of carbonyl (C=O) groups is 1. The number of alkyl halides is 3. The lowest BCUT2D eigenvalue weighted by Gasteiger charge is -2.36. The van der Waals surface area contributed by atoms with Gasteiger partial charge < -0.3 is 15.2 Å². The molecule has 1 saturated carbocycles. The predicted molar refractivity (Wildman–Crippen MR) is 176 cm³/mol. The molecule has 0 spiro atoms. The molecule has 5 rings (SSSR count). The van der Waals surface area contributed by atoms with Gasteiger partial charge in [-0.05, 0) is 83.8 Å². The van der Waals surface area contributed by atoms with Gasteiger partial charge in [0.1, 0.15) is 0 Å². The second-order valence-electron chi connectivity index (χ2n) is 10.3. The largest absolute Gasteiger partial charge is 0.355 e. The highest BCUT2D eigenvalue weighted by atomic mass is 127. The molecule has 2 aromatic carbocycles. The Morgan fingerprint density at radius 1 is 1.18 bits per heavy atom. The second kappa shape index (κ2) is 12.2. The van der Waals surface area contributed by atoms with Gasteiger partial charge in [0, 0.05) is 63.4 Å². The van der Waals surface area contributed by atoms with E-state index in [2.05, 4.69) is 57.2 Å². The number of aromatic nitrogens is 1. The Kier molecular flexibility index (Phi) is 8.91. The number of hydrogen-bond donors (Lipinski definition) is 3. The molecule has 1 amide bonds. The minimum absolute atomic E-state index is 0.167. The Labute approximate surface area is 256 Å². The second-order valence-corrected chi connectivity index (χ2v) is 14.2. The van der Waals surface area contributed by atoms with Crippen LogP contribution in [0.2, 0.25) is 0 Å². The molecule has 0 radical (unpaired) electrons. The molecule has 210 valence electrons. The minimum Gasteiger partial charge on any atom is -0.355 e. The predicted octanol–water partition coefficient (Wildman–Crippen LogP) is 7.98. The first-order valence-electron chi connectivity index (χ1n) is 13.3. The summed E-state index contributed by atoms with van der Waals surface area (Å²) in [6.07, 6.45) is 5.98. The van der Waals surface area contributed by atoms with Crippen molar-refractivity contribution in [2.24, 2.45) is 17.6 Å². The summed E-state index contributed by atoms with van der Waals surface area (Å²) in [6.45, 7) is 7.16. The number of carbonyl (C=O) groups excluding carboxylic acids is 1. The fourth-order valence-corrected chi connectivity index (χ4v) is 7.63. The summed E-state index contributed by atoms with van der Waals surface area (Å²) in [7, 11) is 0. The molecule has 3 aromatic rings. The Hall–Kier alpha value is -2.38. The summed E-state index contributed by atoms with van der Waals surface area (Å²) in [4.78, 5) is 18.4. The highest BCUT2D eigenvalue weighted by Gasteiger charge is 2.30. The number of halogens is 4. The maximum Gasteiger partial charge on any atom is 0.321 e. The van der Waals surface area contributed by atoms with E-state index in [1.807, 2.05) is 12.1 Å². The van der Waals surface area contributed by atoms with E-state index in [1.165, 1.54) is 23.6 Å². The third-order valence-electron chi connectivity index (χ3n) is 7.77. The zero-order valence-electron chi connectivity index (χ0n) is 22.2. The maximum atomic E-state index is 13.7. The minimum atomic E-state index is -3.01. The molecule has 1 aromatic heterocycles. The van der Waals surface area contributed by atoms with Crippen molar-refractivity contribution < 1.29 is 13.6 Å². The quantitative estimate of drug-likeness (QED) is 0.169. The number of rotatable bonds is 7. The van der Waals surface area contributed by atoms with Crippen LogP contribution in [-0.2, 0) is 3.93 Å². The summed E-state index contributed by atoms with van der Waals surface area (Å²) in [5.74, 6) is 0.336. The van der Waals surface area contributed by atoms with Gasteiger partial charge in [0.25, 0.3) is 5.91 Å². The number of aromatic amines is 1. The number of nitrogens with one attached hydrogen (secondary N) is 2. The molecule has 2 aliphatic rings. The molecule has 0 bridgehead atoms. The van der Waals surface area contributed by atoms with Crippen LogP contribution in [0.25, 0.3) is 16.5 Å². The Balaban J connectivity index is 1.22. The van der Waals surface area contributed by atoms with Crippen molar-refractivity contribution in [3.8, 4) is 0 Å². The fraction of sp³-hybridized carbons (Fsp3) is 0.290. The van der Waals surface area contributed by atoms with Crippen LogP contribution in [0, 0.1) is 11.8 Å². The third-order valence-corrected chi connectivity index (χ3v) is 10.3. The molecule has 9 heteroatoms. The number of nitrogens with zero attached hydrogens (tertiary/aromatic N) is 1. The van der Waals surface area contributed by atoms with Crippen LogP contribution in [0.5, 0.6) is 0 Å². The monoisotopic (exact) mass is 768 g/mol. The maximum absolute atomic E-state index is 13.7. The molecule has 5 nitrogen and oxygen atoms in total. The van der Waals surface area contributed by atoms with Crippen LogP contribution in [0.4, 0.5) is 8.78 Å². The lowest BCUT2D eigenvalue weighted by Crippen LogP contribution is -2.34. The summed E-state index contributed by atoms with van der Waals surface area (Å²) in [5, 5.41) is 4.12. The number of amides is 1. The van der Waals surface area contributed by atoms with Crippen LogP contribution < -0.4 is 11.1 Å². The van der Waals surface area contributed by atoms with Crippen molar-refractivity contribution in [3.05, 3.63) is 99.7 Å². The van der Waals surface area contributed by atoms with Crippen LogP contribution in [-0.4, -0.2) is 26.0 Å². The first-order chi connectivity index (χ1) is 19.1. The topological polar surface area (TPSA) is 74.2 Å². The molecule has 4 N–H and O–H groups in total. The van der Waals surface area contributed by atoms with Gasteiger partial charge in [-0.1, -0.05) is 57.6 Å². The van der Waals surface area contributed by atoms with Crippen molar-refractivity contribution in [3.63, 3.8) is 0 Å². The van der Waals surface area contributed by atoms with Gasteiger partial charge in [0.2, 0.25) is 0 Å². The first kappa shape index (κ1) is 29.1. The lowest BCUT2D eigenvalue weighted by molar-refractivity contribution is 0.0940. The van der Waals surface area contributed by atoms with E-state index in [4.69, 9.17) is 5.73 Å². The Morgan fingerprint density at radius 3 is 2.65 bits per heavy atom. The number of fused-ring (bicyclic) bond motifs is 1. The van der Waals surface area contributed by atoms with Crippen molar-refractivity contribution in [1.82, 2.24) is 15.2 Å². The molecule has 2 heterocycles. The number of benzene rings is 2. The molecule has 40 heavy (non-hydrogen) atoms. The van der Waals surface area contributed by atoms with Crippen LogP contribution in [0.3, 0.4) is 0 Å². The summed E-state index contributed by atoms with van der Waals surface area (Å²) in [6, 6.07) is 16.1. The van der Waals surface area contributed by atoms with E-state index >= 15 is 0 Å². The van der Waals surface area contributed by atoms with E-state index < -0.39 is 3.93 Å². The Bertz CT molecular complexity index is 1490. The van der Waals surface area contributed by atoms with Crippen molar-refractivity contribution in [2.75, 3.05) is 6.54 Å². The van der Waals surface area contributed by atoms with Gasteiger partial charge in [0.05, 0.1) is 9.33 Å². The molecule has 0 unspecified atom stereocenters. The molecular weight excluding hydrogens is 736 g/mol. The third kappa shape index (κ3) is 6.41. The average molecular weight is 768 g/mol. The zero-order chi connectivity index (χ0) is 28.4. The highest BCUT2D eigenvalue weighted by Crippen LogP contribution is 2.39. The van der Waals surface area contributed by atoms with E-state index in [-0.39, 0.29) is 37.8 Å². The van der Waals surface area contributed by atoms with Crippen molar-refractivity contribution in [2.45, 2.75) is 36.5 Å². The molecular formula is C31H32F2I2N4O. The number of hydrogen-bond acceptors (Lipinski definition) is 3. The van der Waals surface area contributed by atoms with Gasteiger partial charge in [-0.3, -0.25) is 10.5 Å². The number of H-pyrrole nitrogens is 1. The highest BCUT2D eigenvalue weighted by molar-refractivity contribution is 14.2. The zero-order valence-corrected chi connectivity index (χ0v) is 26.5. The van der Waals surface area contributed by atoms with Crippen molar-refractivity contribution in [1.29, 1.82) is 0 Å². The lowest BCUT2D eigenvalue weighted by atomic mass is 9.80. The van der Waals surface area contributed by atoms with E-state index in [1.54, 1.807) is 6.07 Å². The van der Waals surface area contributed by atoms with Gasteiger partial charge in [-0.2, -0.15) is 8.78 Å². The Morgan fingerprint density at radius 2 is 1.93 bits per heavy atom. The number of para-hydroxylation sites is 1. The standard InChI is InChI=1S/C31H32F2I2N4O/c1-19(27-17-23-6-3-4-9-26(23)38-27)28-29(36)35-14-15-39(28)20(2)22-12-10-21(11-13-22)18-37-30(40)24-7-5-8-25(16-24)31(32,33)34/h3-9,14-17,21-22,38H,2,10-13,18,36H2,1H3,(H,37,40). The van der Waals surface area contributed by atoms with Gasteiger partial charge in [-0.25, -0.2) is 0 Å². The number of allylic oxidation sites excluding steroid dienone is 2. The normalized spacial score (nSPS) is 21.0. The van der Waals surface area contributed by atoms with Gasteiger partial charge >= 0.3 is 3.93 Å². The average Bonchev–Trinajstić information content (AvgIpc) is 3.39. The van der Waals surface area contributed by atoms with E-state index in [0.29, 0.717) is 18.4 Å². The first-order valence-corrected chi connectivity index (χ1v) is 16.7. The fourth-order valence-electron chi connectivity index (χ4n) is 5.47. The molecule has 0 saturated heterocycles. The number of nitrogens with two attached hydrogens (primary N) is 1. The van der Waals surface area contributed by atoms with Crippen LogP contribution in [0.15, 0.2) is 82.9 Å². The smallest absolute Gasteiger partial charge is 0.321 e. The molecule has 1 aliphatic heterocycles.